The highest BCUT2D eigenvalue weighted by Crippen LogP contribution is 2.46. The van der Waals surface area contributed by atoms with Gasteiger partial charge in [0.15, 0.2) is 5.78 Å². The smallest absolute Gasteiger partial charge is 0.338 e. The van der Waals surface area contributed by atoms with Gasteiger partial charge in [-0.05, 0) is 61.7 Å². The number of ketones is 1. The molecule has 32 heavy (non-hydrogen) atoms. The molecule has 1 heterocycles. The van der Waals surface area contributed by atoms with Gasteiger partial charge in [0.2, 0.25) is 0 Å². The molecule has 0 fully saturated rings. The highest BCUT2D eigenvalue weighted by atomic mass is 19.1. The number of hydrogen-bond acceptors (Lipinski definition) is 6. The van der Waals surface area contributed by atoms with Crippen LogP contribution in [0.15, 0.2) is 71.2 Å². The number of ether oxygens (including phenoxy) is 2. The molecule has 0 bridgehead atoms. The molecule has 4 rings (SSSR count). The predicted octanol–water partition coefficient (Wildman–Crippen LogP) is 4.18. The van der Waals surface area contributed by atoms with Gasteiger partial charge in [-0.2, -0.15) is 0 Å². The molecule has 2 aromatic rings. The van der Waals surface area contributed by atoms with Gasteiger partial charge in [-0.1, -0.05) is 12.1 Å². The zero-order valence-electron chi connectivity index (χ0n) is 18.1. The average Bonchev–Trinajstić information content (AvgIpc) is 2.79. The number of halogens is 1. The van der Waals surface area contributed by atoms with Gasteiger partial charge in [0, 0.05) is 23.4 Å². The summed E-state index contributed by atoms with van der Waals surface area (Å²) in [7, 11) is 1.58. The maximum atomic E-state index is 13.6. The highest BCUT2D eigenvalue weighted by molar-refractivity contribution is 6.05. The molecule has 2 N–H and O–H groups in total. The Balaban J connectivity index is 1.96. The fraction of sp³-hybridized carbons (Fsp3) is 0.280. The number of carbonyl (C=O) groups excluding carboxylic acids is 2. The number of methoxy groups -OCH3 is 1. The number of anilines is 1. The Kier molecular flexibility index (Phi) is 5.99. The summed E-state index contributed by atoms with van der Waals surface area (Å²) in [4.78, 5) is 28.1. The fourth-order valence-corrected chi connectivity index (χ4v) is 4.41. The van der Waals surface area contributed by atoms with Crippen molar-refractivity contribution < 1.29 is 23.5 Å². The minimum Gasteiger partial charge on any atom is -0.497 e. The Bertz CT molecular complexity index is 1100. The van der Waals surface area contributed by atoms with Crippen LogP contribution in [0.2, 0.25) is 0 Å². The van der Waals surface area contributed by atoms with E-state index in [9.17, 15) is 14.0 Å². The van der Waals surface area contributed by atoms with Crippen LogP contribution in [-0.4, -0.2) is 25.5 Å². The lowest BCUT2D eigenvalue weighted by molar-refractivity contribution is -0.138. The molecule has 0 saturated heterocycles. The lowest BCUT2D eigenvalue weighted by Gasteiger charge is -2.40. The van der Waals surface area contributed by atoms with E-state index in [1.807, 2.05) is 12.1 Å². The van der Waals surface area contributed by atoms with Crippen LogP contribution in [0.5, 0.6) is 5.75 Å². The number of Topliss-reactive ketones (excluding diaryl/α,β-unsaturated/α-hetero) is 1. The van der Waals surface area contributed by atoms with E-state index in [1.54, 1.807) is 43.2 Å². The monoisotopic (exact) mass is 436 g/mol. The molecule has 2 aliphatic rings. The quantitative estimate of drug-likeness (QED) is 0.709. The lowest BCUT2D eigenvalue weighted by Crippen LogP contribution is -2.41. The van der Waals surface area contributed by atoms with E-state index in [0.717, 1.165) is 5.70 Å². The summed E-state index contributed by atoms with van der Waals surface area (Å²) >= 11 is 0. The van der Waals surface area contributed by atoms with Gasteiger partial charge >= 0.3 is 5.97 Å². The molecule has 2 aromatic carbocycles. The Labute approximate surface area is 186 Å². The summed E-state index contributed by atoms with van der Waals surface area (Å²) in [5, 5.41) is 0. The maximum absolute atomic E-state index is 13.6. The van der Waals surface area contributed by atoms with E-state index < -0.39 is 17.7 Å². The molecule has 0 amide bonds. The van der Waals surface area contributed by atoms with Gasteiger partial charge in [0.25, 0.3) is 0 Å². The minimum atomic E-state index is -0.716. The van der Waals surface area contributed by atoms with E-state index >= 15 is 0 Å². The number of hydrogen-bond donors (Lipinski definition) is 1. The summed E-state index contributed by atoms with van der Waals surface area (Å²) in [6.07, 6.45) is 1.69. The first kappa shape index (κ1) is 21.6. The van der Waals surface area contributed by atoms with E-state index in [-0.39, 0.29) is 23.8 Å². The first-order valence-corrected chi connectivity index (χ1v) is 10.6. The number of nitrogens with zero attached hydrogens (tertiary/aromatic N) is 1. The molecule has 1 atom stereocenters. The molecule has 1 aliphatic heterocycles. The second-order valence-electron chi connectivity index (χ2n) is 7.67. The molecule has 0 radical (unpaired) electrons. The van der Waals surface area contributed by atoms with Crippen molar-refractivity contribution in [2.75, 3.05) is 18.6 Å². The van der Waals surface area contributed by atoms with Gasteiger partial charge < -0.3 is 15.2 Å². The van der Waals surface area contributed by atoms with Crippen LogP contribution in [-0.2, 0) is 14.3 Å². The van der Waals surface area contributed by atoms with Crippen LogP contribution in [0.4, 0.5) is 10.1 Å². The van der Waals surface area contributed by atoms with Gasteiger partial charge in [0.05, 0.1) is 25.2 Å². The maximum Gasteiger partial charge on any atom is 0.338 e. The third kappa shape index (κ3) is 3.75. The third-order valence-corrected chi connectivity index (χ3v) is 5.82. The van der Waals surface area contributed by atoms with Crippen molar-refractivity contribution in [2.24, 2.45) is 5.73 Å². The number of rotatable bonds is 5. The molecule has 1 aliphatic carbocycles. The average molecular weight is 436 g/mol. The van der Waals surface area contributed by atoms with Gasteiger partial charge in [-0.25, -0.2) is 9.18 Å². The molecule has 0 unspecified atom stereocenters. The predicted molar refractivity (Wildman–Crippen MR) is 118 cm³/mol. The normalized spacial score (nSPS) is 18.5. The molecule has 166 valence electrons. The zero-order valence-corrected chi connectivity index (χ0v) is 18.1. The lowest BCUT2D eigenvalue weighted by atomic mass is 9.75. The zero-order chi connectivity index (χ0) is 22.8. The standard InChI is InChI=1S/C25H25FN2O4/c1-3-32-25(30)23-21(15-7-9-16(26)10-8-15)22-19(5-4-6-20(22)29)28(24(23)27)17-11-13-18(31-2)14-12-17/h7-14,21H,3-6,27H2,1-2H3/t21-/m1/s1. The number of benzene rings is 2. The molecule has 0 spiro atoms. The van der Waals surface area contributed by atoms with E-state index in [2.05, 4.69) is 0 Å². The van der Waals surface area contributed by atoms with Crippen molar-refractivity contribution >= 4 is 17.4 Å². The molecular formula is C25H25FN2O4. The molecule has 0 saturated carbocycles. The largest absolute Gasteiger partial charge is 0.497 e. The highest BCUT2D eigenvalue weighted by Gasteiger charge is 2.43. The van der Waals surface area contributed by atoms with Gasteiger partial charge in [0.1, 0.15) is 17.4 Å². The molecule has 0 aromatic heterocycles. The summed E-state index contributed by atoms with van der Waals surface area (Å²) in [5.41, 5.74) is 9.40. The van der Waals surface area contributed by atoms with Crippen molar-refractivity contribution in [2.45, 2.75) is 32.1 Å². The SMILES string of the molecule is CCOC(=O)C1=C(N)N(c2ccc(OC)cc2)C2=C(C(=O)CCC2)[C@H]1c1ccc(F)cc1. The molecule has 6 nitrogen and oxygen atoms in total. The van der Waals surface area contributed by atoms with Gasteiger partial charge in [-0.15, -0.1) is 0 Å². The van der Waals surface area contributed by atoms with Crippen LogP contribution in [0, 0.1) is 5.82 Å². The van der Waals surface area contributed by atoms with Crippen LogP contribution >= 0.6 is 0 Å². The summed E-state index contributed by atoms with van der Waals surface area (Å²) in [6, 6.07) is 13.1. The van der Waals surface area contributed by atoms with E-state index in [4.69, 9.17) is 15.2 Å². The minimum absolute atomic E-state index is 0.0478. The number of nitrogens with two attached hydrogens (primary N) is 1. The van der Waals surface area contributed by atoms with Crippen molar-refractivity contribution in [3.05, 3.63) is 82.6 Å². The molecule has 7 heteroatoms. The second kappa shape index (κ2) is 8.86. The van der Waals surface area contributed by atoms with E-state index in [0.29, 0.717) is 41.8 Å². The first-order valence-electron chi connectivity index (χ1n) is 10.6. The van der Waals surface area contributed by atoms with Crippen LogP contribution < -0.4 is 15.4 Å². The summed E-state index contributed by atoms with van der Waals surface area (Å²) in [5.74, 6) is -0.875. The summed E-state index contributed by atoms with van der Waals surface area (Å²) in [6.45, 7) is 1.87. The molecular weight excluding hydrogens is 411 g/mol. The Morgan fingerprint density at radius 1 is 1.12 bits per heavy atom. The Morgan fingerprint density at radius 3 is 2.44 bits per heavy atom. The summed E-state index contributed by atoms with van der Waals surface area (Å²) < 4.78 is 24.2. The Hall–Kier alpha value is -3.61. The van der Waals surface area contributed by atoms with Crippen LogP contribution in [0.1, 0.15) is 37.7 Å². The number of esters is 1. The van der Waals surface area contributed by atoms with E-state index in [1.165, 1.54) is 12.1 Å². The van der Waals surface area contributed by atoms with Gasteiger partial charge in [-0.3, -0.25) is 9.69 Å². The number of allylic oxidation sites excluding steroid dienone is 2. The topological polar surface area (TPSA) is 81.9 Å². The van der Waals surface area contributed by atoms with Crippen molar-refractivity contribution in [3.63, 3.8) is 0 Å². The van der Waals surface area contributed by atoms with Crippen molar-refractivity contribution in [1.82, 2.24) is 0 Å². The van der Waals surface area contributed by atoms with Crippen LogP contribution in [0.25, 0.3) is 0 Å². The Morgan fingerprint density at radius 2 is 1.81 bits per heavy atom. The first-order chi connectivity index (χ1) is 15.5. The van der Waals surface area contributed by atoms with Crippen LogP contribution in [0.3, 0.4) is 0 Å². The fourth-order valence-electron chi connectivity index (χ4n) is 4.41. The second-order valence-corrected chi connectivity index (χ2v) is 7.67. The third-order valence-electron chi connectivity index (χ3n) is 5.82. The van der Waals surface area contributed by atoms with Crippen molar-refractivity contribution in [1.29, 1.82) is 0 Å². The number of carbonyl (C=O) groups is 2. The van der Waals surface area contributed by atoms with Crippen molar-refractivity contribution in [3.8, 4) is 5.75 Å².